The number of anilines is 1. The minimum atomic E-state index is -0.116. The summed E-state index contributed by atoms with van der Waals surface area (Å²) in [5, 5.41) is 3.96. The summed E-state index contributed by atoms with van der Waals surface area (Å²) in [6.07, 6.45) is 2.19. The Labute approximate surface area is 124 Å². The molecule has 3 heteroatoms. The molecule has 0 atom stereocenters. The summed E-state index contributed by atoms with van der Waals surface area (Å²) in [5.41, 5.74) is 3.66. The first-order chi connectivity index (χ1) is 10.3. The van der Waals surface area contributed by atoms with Crippen LogP contribution < -0.4 is 5.32 Å². The van der Waals surface area contributed by atoms with Crippen LogP contribution in [0.5, 0.6) is 0 Å². The van der Waals surface area contributed by atoms with E-state index < -0.39 is 0 Å². The summed E-state index contributed by atoms with van der Waals surface area (Å²) in [4.78, 5) is 15.4. The van der Waals surface area contributed by atoms with Crippen molar-refractivity contribution in [3.8, 4) is 0 Å². The normalized spacial score (nSPS) is 10.7. The highest BCUT2D eigenvalue weighted by Crippen LogP contribution is 2.17. The summed E-state index contributed by atoms with van der Waals surface area (Å²) in [6.45, 7) is 2.16. The lowest BCUT2D eigenvalue weighted by Gasteiger charge is -2.05. The van der Waals surface area contributed by atoms with Gasteiger partial charge in [-0.15, -0.1) is 0 Å². The molecule has 0 fully saturated rings. The first-order valence-electron chi connectivity index (χ1n) is 7.24. The zero-order valence-corrected chi connectivity index (χ0v) is 12.0. The van der Waals surface area contributed by atoms with Crippen molar-refractivity contribution < 1.29 is 4.79 Å². The van der Waals surface area contributed by atoms with E-state index in [0.29, 0.717) is 5.69 Å². The molecular weight excluding hydrogens is 260 g/mol. The Kier molecular flexibility index (Phi) is 3.73. The molecule has 0 aliphatic heterocycles. The SMILES string of the molecule is CCCc1ccc(NC(=O)c2cc3ccccc3[nH]2)cc1. The molecule has 1 heterocycles. The van der Waals surface area contributed by atoms with Gasteiger partial charge in [0.25, 0.3) is 5.91 Å². The van der Waals surface area contributed by atoms with E-state index in [-0.39, 0.29) is 5.91 Å². The lowest BCUT2D eigenvalue weighted by atomic mass is 10.1. The molecule has 0 aliphatic rings. The topological polar surface area (TPSA) is 44.9 Å². The molecule has 2 aromatic carbocycles. The zero-order valence-electron chi connectivity index (χ0n) is 12.0. The van der Waals surface area contributed by atoms with Crippen LogP contribution in [0.2, 0.25) is 0 Å². The molecule has 1 aromatic heterocycles. The minimum absolute atomic E-state index is 0.116. The van der Waals surface area contributed by atoms with E-state index in [1.165, 1.54) is 5.56 Å². The van der Waals surface area contributed by atoms with Crippen molar-refractivity contribution in [2.24, 2.45) is 0 Å². The van der Waals surface area contributed by atoms with E-state index in [0.717, 1.165) is 29.4 Å². The minimum Gasteiger partial charge on any atom is -0.351 e. The highest BCUT2D eigenvalue weighted by Gasteiger charge is 2.09. The van der Waals surface area contributed by atoms with Gasteiger partial charge in [-0.25, -0.2) is 0 Å². The van der Waals surface area contributed by atoms with Crippen molar-refractivity contribution in [2.75, 3.05) is 5.32 Å². The number of carbonyl (C=O) groups is 1. The summed E-state index contributed by atoms with van der Waals surface area (Å²) in [7, 11) is 0. The Bertz CT molecular complexity index is 723. The van der Waals surface area contributed by atoms with Gasteiger partial charge < -0.3 is 10.3 Å². The number of amides is 1. The van der Waals surface area contributed by atoms with Crippen LogP contribution in [-0.2, 0) is 6.42 Å². The van der Waals surface area contributed by atoms with Crippen molar-refractivity contribution in [1.29, 1.82) is 0 Å². The van der Waals surface area contributed by atoms with E-state index in [2.05, 4.69) is 29.4 Å². The number of hydrogen-bond acceptors (Lipinski definition) is 1. The van der Waals surface area contributed by atoms with Crippen LogP contribution in [0.1, 0.15) is 29.4 Å². The zero-order chi connectivity index (χ0) is 14.7. The Morgan fingerprint density at radius 1 is 1.10 bits per heavy atom. The van der Waals surface area contributed by atoms with Crippen molar-refractivity contribution in [1.82, 2.24) is 4.98 Å². The molecule has 0 saturated heterocycles. The summed E-state index contributed by atoms with van der Waals surface area (Å²) >= 11 is 0. The van der Waals surface area contributed by atoms with Crippen molar-refractivity contribution >= 4 is 22.5 Å². The average molecular weight is 278 g/mol. The number of fused-ring (bicyclic) bond motifs is 1. The van der Waals surface area contributed by atoms with E-state index in [1.807, 2.05) is 42.5 Å². The van der Waals surface area contributed by atoms with Gasteiger partial charge in [0.05, 0.1) is 0 Å². The number of hydrogen-bond donors (Lipinski definition) is 2. The maximum Gasteiger partial charge on any atom is 0.272 e. The number of aromatic amines is 1. The van der Waals surface area contributed by atoms with Gasteiger partial charge in [-0.2, -0.15) is 0 Å². The van der Waals surface area contributed by atoms with Crippen molar-refractivity contribution in [2.45, 2.75) is 19.8 Å². The fraction of sp³-hybridized carbons (Fsp3) is 0.167. The van der Waals surface area contributed by atoms with Crippen molar-refractivity contribution in [3.63, 3.8) is 0 Å². The number of nitrogens with one attached hydrogen (secondary N) is 2. The summed E-state index contributed by atoms with van der Waals surface area (Å²) in [5.74, 6) is -0.116. The second-order valence-electron chi connectivity index (χ2n) is 5.17. The molecule has 21 heavy (non-hydrogen) atoms. The molecule has 3 aromatic rings. The number of carbonyl (C=O) groups excluding carboxylic acids is 1. The lowest BCUT2D eigenvalue weighted by molar-refractivity contribution is 0.102. The van der Waals surface area contributed by atoms with E-state index in [1.54, 1.807) is 0 Å². The summed E-state index contributed by atoms with van der Waals surface area (Å²) in [6, 6.07) is 17.8. The van der Waals surface area contributed by atoms with Gasteiger partial charge in [-0.1, -0.05) is 43.7 Å². The Hall–Kier alpha value is -2.55. The lowest BCUT2D eigenvalue weighted by Crippen LogP contribution is -2.12. The van der Waals surface area contributed by atoms with Crippen LogP contribution in [-0.4, -0.2) is 10.9 Å². The highest BCUT2D eigenvalue weighted by atomic mass is 16.1. The second-order valence-corrected chi connectivity index (χ2v) is 5.17. The second kappa shape index (κ2) is 5.83. The van der Waals surface area contributed by atoms with Crippen LogP contribution >= 0.6 is 0 Å². The number of aromatic nitrogens is 1. The molecule has 2 N–H and O–H groups in total. The molecule has 3 nitrogen and oxygen atoms in total. The molecule has 3 rings (SSSR count). The average Bonchev–Trinajstić information content (AvgIpc) is 2.94. The first kappa shape index (κ1) is 13.4. The molecule has 0 radical (unpaired) electrons. The van der Waals surface area contributed by atoms with Crippen LogP contribution in [0.3, 0.4) is 0 Å². The number of benzene rings is 2. The Morgan fingerprint density at radius 3 is 2.57 bits per heavy atom. The predicted octanol–water partition coefficient (Wildman–Crippen LogP) is 4.37. The third-order valence-corrected chi connectivity index (χ3v) is 3.53. The van der Waals surface area contributed by atoms with Gasteiger partial charge in [0.2, 0.25) is 0 Å². The van der Waals surface area contributed by atoms with Crippen LogP contribution in [0, 0.1) is 0 Å². The van der Waals surface area contributed by atoms with Crippen LogP contribution in [0.4, 0.5) is 5.69 Å². The van der Waals surface area contributed by atoms with Crippen LogP contribution in [0.15, 0.2) is 54.6 Å². The monoisotopic (exact) mass is 278 g/mol. The molecule has 106 valence electrons. The van der Waals surface area contributed by atoms with Gasteiger partial charge in [-0.05, 0) is 36.2 Å². The maximum atomic E-state index is 12.3. The highest BCUT2D eigenvalue weighted by molar-refractivity contribution is 6.05. The molecule has 0 aliphatic carbocycles. The largest absolute Gasteiger partial charge is 0.351 e. The number of aryl methyl sites for hydroxylation is 1. The standard InChI is InChI=1S/C18H18N2O/c1-2-5-13-8-10-15(11-9-13)19-18(21)17-12-14-6-3-4-7-16(14)20-17/h3-4,6-12,20H,2,5H2,1H3,(H,19,21). The fourth-order valence-electron chi connectivity index (χ4n) is 2.44. The van der Waals surface area contributed by atoms with E-state index >= 15 is 0 Å². The van der Waals surface area contributed by atoms with Gasteiger partial charge in [0.15, 0.2) is 0 Å². The number of para-hydroxylation sites is 1. The van der Waals surface area contributed by atoms with E-state index in [4.69, 9.17) is 0 Å². The smallest absolute Gasteiger partial charge is 0.272 e. The number of H-pyrrole nitrogens is 1. The Balaban J connectivity index is 1.76. The third-order valence-electron chi connectivity index (χ3n) is 3.53. The van der Waals surface area contributed by atoms with Crippen molar-refractivity contribution in [3.05, 3.63) is 65.9 Å². The van der Waals surface area contributed by atoms with Gasteiger partial charge in [-0.3, -0.25) is 4.79 Å². The quantitative estimate of drug-likeness (QED) is 0.731. The van der Waals surface area contributed by atoms with Gasteiger partial charge >= 0.3 is 0 Å². The summed E-state index contributed by atoms with van der Waals surface area (Å²) < 4.78 is 0. The molecule has 0 unspecified atom stereocenters. The fourth-order valence-corrected chi connectivity index (χ4v) is 2.44. The Morgan fingerprint density at radius 2 is 1.86 bits per heavy atom. The third kappa shape index (κ3) is 2.97. The first-order valence-corrected chi connectivity index (χ1v) is 7.24. The molecule has 0 bridgehead atoms. The predicted molar refractivity (Wildman–Crippen MR) is 86.7 cm³/mol. The maximum absolute atomic E-state index is 12.3. The van der Waals surface area contributed by atoms with Gasteiger partial charge in [0, 0.05) is 16.6 Å². The van der Waals surface area contributed by atoms with E-state index in [9.17, 15) is 4.79 Å². The molecule has 0 spiro atoms. The molecule has 1 amide bonds. The van der Waals surface area contributed by atoms with Gasteiger partial charge in [0.1, 0.15) is 5.69 Å². The molecule has 0 saturated carbocycles. The molecular formula is C18H18N2O. The number of rotatable bonds is 4. The van der Waals surface area contributed by atoms with Crippen LogP contribution in [0.25, 0.3) is 10.9 Å².